The summed E-state index contributed by atoms with van der Waals surface area (Å²) in [4.78, 5) is 24.4. The van der Waals surface area contributed by atoms with E-state index in [2.05, 4.69) is 15.4 Å². The molecule has 196 valence electrons. The molecule has 3 rings (SSSR count). The molecule has 1 aliphatic rings. The fourth-order valence-corrected chi connectivity index (χ4v) is 5.49. The van der Waals surface area contributed by atoms with E-state index in [-0.39, 0.29) is 17.5 Å². The summed E-state index contributed by atoms with van der Waals surface area (Å²) in [7, 11) is -0.428. The van der Waals surface area contributed by atoms with Gasteiger partial charge in [-0.25, -0.2) is 13.1 Å². The van der Waals surface area contributed by atoms with Crippen LogP contribution in [0.1, 0.15) is 43.2 Å². The largest absolute Gasteiger partial charge is 0.493 e. The van der Waals surface area contributed by atoms with Crippen LogP contribution >= 0.6 is 0 Å². The number of carbonyl (C=O) groups excluding carboxylic acids is 2. The van der Waals surface area contributed by atoms with Crippen LogP contribution in [0.4, 0.5) is 0 Å². The van der Waals surface area contributed by atoms with Crippen LogP contribution < -0.4 is 24.8 Å². The summed E-state index contributed by atoms with van der Waals surface area (Å²) < 4.78 is 38.5. The molecule has 1 saturated carbocycles. The number of amides is 2. The Bertz CT molecular complexity index is 1130. The van der Waals surface area contributed by atoms with Gasteiger partial charge in [-0.05, 0) is 61.1 Å². The Morgan fingerprint density at radius 1 is 0.806 bits per heavy atom. The Morgan fingerprint density at radius 2 is 1.36 bits per heavy atom. The molecule has 0 aromatic heterocycles. The molecule has 0 heterocycles. The molecule has 0 radical (unpaired) electrons. The van der Waals surface area contributed by atoms with Crippen LogP contribution in [0.5, 0.6) is 11.5 Å². The van der Waals surface area contributed by atoms with Crippen LogP contribution in [-0.4, -0.2) is 53.6 Å². The second-order valence-electron chi connectivity index (χ2n) is 8.80. The molecule has 10 heteroatoms. The Hall–Kier alpha value is -3.11. The topological polar surface area (TPSA) is 123 Å². The van der Waals surface area contributed by atoms with E-state index in [0.717, 1.165) is 43.2 Å². The normalized spacial score (nSPS) is 14.2. The fraction of sp³-hybridized carbons (Fsp3) is 0.462. The van der Waals surface area contributed by atoms with E-state index in [1.807, 2.05) is 12.1 Å². The Balaban J connectivity index is 1.39. The third-order valence-corrected chi connectivity index (χ3v) is 7.75. The van der Waals surface area contributed by atoms with Gasteiger partial charge in [0.25, 0.3) is 0 Å². The standard InChI is InChI=1S/C26H35N3O6S/c1-34-23-13-10-20(18-24(23)35-2)15-17-28-26(31)25(30)27-16-14-19-8-11-22(12-9-19)36(32,33)29-21-6-4-3-5-7-21/h8-13,18,21,29H,3-7,14-17H2,1-2H3,(H,27,30)(H,28,31). The van der Waals surface area contributed by atoms with Crippen molar-refractivity contribution in [2.24, 2.45) is 0 Å². The first-order valence-corrected chi connectivity index (χ1v) is 13.7. The number of hydrogen-bond acceptors (Lipinski definition) is 6. The number of benzene rings is 2. The van der Waals surface area contributed by atoms with Crippen molar-refractivity contribution < 1.29 is 27.5 Å². The molecule has 0 unspecified atom stereocenters. The van der Waals surface area contributed by atoms with E-state index in [0.29, 0.717) is 30.9 Å². The molecule has 9 nitrogen and oxygen atoms in total. The van der Waals surface area contributed by atoms with Gasteiger partial charge < -0.3 is 20.1 Å². The highest BCUT2D eigenvalue weighted by Crippen LogP contribution is 2.27. The van der Waals surface area contributed by atoms with Crippen LogP contribution in [-0.2, 0) is 32.5 Å². The third-order valence-electron chi connectivity index (χ3n) is 6.21. The van der Waals surface area contributed by atoms with Crippen molar-refractivity contribution in [3.05, 3.63) is 53.6 Å². The van der Waals surface area contributed by atoms with E-state index >= 15 is 0 Å². The minimum Gasteiger partial charge on any atom is -0.493 e. The number of nitrogens with one attached hydrogen (secondary N) is 3. The average Bonchev–Trinajstić information content (AvgIpc) is 2.89. The first-order valence-electron chi connectivity index (χ1n) is 12.2. The van der Waals surface area contributed by atoms with Gasteiger partial charge in [0.15, 0.2) is 11.5 Å². The van der Waals surface area contributed by atoms with Crippen molar-refractivity contribution in [1.29, 1.82) is 0 Å². The van der Waals surface area contributed by atoms with Crippen molar-refractivity contribution in [3.63, 3.8) is 0 Å². The highest BCUT2D eigenvalue weighted by molar-refractivity contribution is 7.89. The van der Waals surface area contributed by atoms with Gasteiger partial charge in [-0.2, -0.15) is 0 Å². The number of sulfonamides is 1. The zero-order valence-electron chi connectivity index (χ0n) is 20.8. The lowest BCUT2D eigenvalue weighted by Gasteiger charge is -2.22. The van der Waals surface area contributed by atoms with Gasteiger partial charge in [-0.1, -0.05) is 37.5 Å². The van der Waals surface area contributed by atoms with Gasteiger partial charge >= 0.3 is 11.8 Å². The van der Waals surface area contributed by atoms with Crippen molar-refractivity contribution in [1.82, 2.24) is 15.4 Å². The highest BCUT2D eigenvalue weighted by Gasteiger charge is 2.21. The first-order chi connectivity index (χ1) is 17.3. The lowest BCUT2D eigenvalue weighted by Crippen LogP contribution is -2.41. The van der Waals surface area contributed by atoms with Gasteiger partial charge in [0.1, 0.15) is 0 Å². The second-order valence-corrected chi connectivity index (χ2v) is 10.5. The van der Waals surface area contributed by atoms with E-state index in [1.165, 1.54) is 0 Å². The number of rotatable bonds is 11. The van der Waals surface area contributed by atoms with Crippen LogP contribution in [0, 0.1) is 0 Å². The van der Waals surface area contributed by atoms with Crippen LogP contribution in [0.15, 0.2) is 47.4 Å². The van der Waals surface area contributed by atoms with Gasteiger partial charge in [0.05, 0.1) is 19.1 Å². The maximum atomic E-state index is 12.6. The zero-order chi connectivity index (χ0) is 26.0. The predicted molar refractivity (Wildman–Crippen MR) is 137 cm³/mol. The maximum absolute atomic E-state index is 12.6. The van der Waals surface area contributed by atoms with Crippen molar-refractivity contribution in [3.8, 4) is 11.5 Å². The zero-order valence-corrected chi connectivity index (χ0v) is 21.7. The third kappa shape index (κ3) is 7.96. The number of hydrogen-bond donors (Lipinski definition) is 3. The second kappa shape index (κ2) is 13.3. The van der Waals surface area contributed by atoms with E-state index in [1.54, 1.807) is 44.6 Å². The summed E-state index contributed by atoms with van der Waals surface area (Å²) in [5.74, 6) is -0.189. The molecule has 0 aliphatic heterocycles. The average molecular weight is 518 g/mol. The van der Waals surface area contributed by atoms with Crippen LogP contribution in [0.3, 0.4) is 0 Å². The van der Waals surface area contributed by atoms with Crippen molar-refractivity contribution in [2.45, 2.75) is 55.9 Å². The summed E-state index contributed by atoms with van der Waals surface area (Å²) in [6, 6.07) is 12.1. The molecule has 2 amide bonds. The lowest BCUT2D eigenvalue weighted by molar-refractivity contribution is -0.139. The van der Waals surface area contributed by atoms with Gasteiger partial charge in [0, 0.05) is 19.1 Å². The van der Waals surface area contributed by atoms with E-state index in [4.69, 9.17) is 9.47 Å². The fourth-order valence-electron chi connectivity index (χ4n) is 4.18. The Kier molecular flexibility index (Phi) is 10.1. The summed E-state index contributed by atoms with van der Waals surface area (Å²) in [6.45, 7) is 0.556. The molecule has 0 saturated heterocycles. The Morgan fingerprint density at radius 3 is 1.94 bits per heavy atom. The van der Waals surface area contributed by atoms with Crippen molar-refractivity contribution in [2.75, 3.05) is 27.3 Å². The summed E-state index contributed by atoms with van der Waals surface area (Å²) in [6.07, 6.45) is 6.01. The molecule has 0 spiro atoms. The molecular weight excluding hydrogens is 482 g/mol. The quantitative estimate of drug-likeness (QED) is 0.393. The monoisotopic (exact) mass is 517 g/mol. The van der Waals surface area contributed by atoms with E-state index < -0.39 is 21.8 Å². The van der Waals surface area contributed by atoms with Crippen LogP contribution in [0.25, 0.3) is 0 Å². The van der Waals surface area contributed by atoms with Crippen molar-refractivity contribution >= 4 is 21.8 Å². The van der Waals surface area contributed by atoms with Crippen LogP contribution in [0.2, 0.25) is 0 Å². The molecule has 1 fully saturated rings. The molecule has 36 heavy (non-hydrogen) atoms. The number of methoxy groups -OCH3 is 2. The highest BCUT2D eigenvalue weighted by atomic mass is 32.2. The van der Waals surface area contributed by atoms with E-state index in [9.17, 15) is 18.0 Å². The SMILES string of the molecule is COc1ccc(CCNC(=O)C(=O)NCCc2ccc(S(=O)(=O)NC3CCCCC3)cc2)cc1OC. The molecule has 2 aromatic rings. The van der Waals surface area contributed by atoms with Gasteiger partial charge in [-0.3, -0.25) is 9.59 Å². The maximum Gasteiger partial charge on any atom is 0.309 e. The summed E-state index contributed by atoms with van der Waals surface area (Å²) >= 11 is 0. The molecule has 0 bridgehead atoms. The molecule has 1 aliphatic carbocycles. The van der Waals surface area contributed by atoms with Gasteiger partial charge in [0.2, 0.25) is 10.0 Å². The smallest absolute Gasteiger partial charge is 0.309 e. The summed E-state index contributed by atoms with van der Waals surface area (Å²) in [5.41, 5.74) is 1.80. The summed E-state index contributed by atoms with van der Waals surface area (Å²) in [5, 5.41) is 5.20. The predicted octanol–water partition coefficient (Wildman–Crippen LogP) is 2.33. The molecule has 3 N–H and O–H groups in total. The molecule has 0 atom stereocenters. The number of ether oxygens (including phenoxy) is 2. The molecule has 2 aromatic carbocycles. The lowest BCUT2D eigenvalue weighted by atomic mass is 9.96. The van der Waals surface area contributed by atoms with Gasteiger partial charge in [-0.15, -0.1) is 0 Å². The molecular formula is C26H35N3O6S. The first kappa shape index (κ1) is 27.5. The number of carbonyl (C=O) groups is 2. The Labute approximate surface area is 213 Å². The minimum atomic E-state index is -3.54. The minimum absolute atomic E-state index is 0.00354.